The Bertz CT molecular complexity index is 4670. The Hall–Kier alpha value is -4.67. The van der Waals surface area contributed by atoms with Gasteiger partial charge in [0.05, 0.1) is 46.8 Å². The number of fused-ring (bicyclic) bond motifs is 3. The molecule has 3 aromatic heterocycles. The molecule has 30 heteroatoms. The number of likely N-dealkylation sites (tertiary alicyclic amines) is 3. The molecule has 3 saturated carbocycles. The van der Waals surface area contributed by atoms with E-state index < -0.39 is 72.5 Å². The highest BCUT2D eigenvalue weighted by Gasteiger charge is 2.43. The number of sulfone groups is 4. The number of ether oxygens (including phenoxy) is 1. The van der Waals surface area contributed by atoms with Crippen molar-refractivity contribution < 1.29 is 61.6 Å². The standard InChI is InChI=1S/C21H29ClN2O5S.C20H27ClN2O3S.C17H22ClNO3S.C15H21ClN2O3S.ClH/c1-20(2,3)18-23-15-8-7-14(22)17(16(15)28-18)30(26,27)13-9-11-24(12-10-13)19(25)29-21(4,5)6;1-20(2,3)19-22-16-8-7-15(21)18(17(16)26-19)27(24,25)14-9-11-23(12-10-14)13-5-4-6-13;1-17(2,3)16-19-13-10-9-12(18)15(14(13)22-16)23(20,21)11-7-5-4-6-8-11;16-12-4-5-13(17)14(19)15(12)22(20,21)11-6-8-18(9-7-11)10-2-1-3-10;/h7-8,13H,9-12H2,1-6H3;7-8,13-14H,4-6,9-12H2,1-3H3;9-11H,4-8H2,1-3H3;4-5,10-11,19H,1-3,6-9,17H2;1H. The van der Waals surface area contributed by atoms with Crippen LogP contribution in [-0.2, 0) is 60.3 Å². The summed E-state index contributed by atoms with van der Waals surface area (Å²) in [5.41, 5.74) is 6.46. The first-order valence-corrected chi connectivity index (χ1v) is 43.2. The third-order valence-corrected chi connectivity index (χ3v) is 31.1. The van der Waals surface area contributed by atoms with E-state index in [1.165, 1.54) is 50.7 Å². The fourth-order valence-electron chi connectivity index (χ4n) is 13.7. The Morgan fingerprint density at radius 1 is 0.437 bits per heavy atom. The number of aromatic nitrogens is 3. The second-order valence-electron chi connectivity index (χ2n) is 32.0. The highest BCUT2D eigenvalue weighted by atomic mass is 35.5. The van der Waals surface area contributed by atoms with Crippen LogP contribution in [0.25, 0.3) is 33.3 Å². The van der Waals surface area contributed by atoms with Crippen molar-refractivity contribution in [2.75, 3.05) is 45.0 Å². The third-order valence-electron chi connectivity index (χ3n) is 20.1. The molecule has 570 valence electrons. The Morgan fingerprint density at radius 3 is 1.03 bits per heavy atom. The molecule has 3 saturated heterocycles. The van der Waals surface area contributed by atoms with E-state index in [-0.39, 0.29) is 84.8 Å². The number of carbonyl (C=O) groups is 1. The van der Waals surface area contributed by atoms with E-state index in [0.29, 0.717) is 122 Å². The minimum absolute atomic E-state index is 0. The van der Waals surface area contributed by atoms with Crippen molar-refractivity contribution in [3.8, 4) is 5.75 Å². The molecular weight excluding hydrogens is 1500 g/mol. The van der Waals surface area contributed by atoms with Crippen LogP contribution in [0, 0.1) is 0 Å². The quantitative estimate of drug-likeness (QED) is 0.0949. The van der Waals surface area contributed by atoms with E-state index in [2.05, 4.69) is 24.8 Å². The summed E-state index contributed by atoms with van der Waals surface area (Å²) in [7, 11) is -14.6. The molecule has 6 fully saturated rings. The van der Waals surface area contributed by atoms with Crippen LogP contribution in [0.3, 0.4) is 0 Å². The molecule has 6 aliphatic rings. The predicted molar refractivity (Wildman–Crippen MR) is 409 cm³/mol. The molecule has 21 nitrogen and oxygen atoms in total. The lowest BCUT2D eigenvalue weighted by atomic mass is 9.90. The number of oxazole rings is 3. The van der Waals surface area contributed by atoms with Gasteiger partial charge in [-0.05, 0) is 173 Å². The zero-order valence-corrected chi connectivity index (χ0v) is 68.0. The first kappa shape index (κ1) is 82.4. The number of hydrogen-bond donors (Lipinski definition) is 2. The maximum Gasteiger partial charge on any atom is 0.410 e. The number of anilines is 1. The molecule has 0 atom stereocenters. The molecule has 3 N–H and O–H groups in total. The second kappa shape index (κ2) is 31.9. The molecule has 103 heavy (non-hydrogen) atoms. The Labute approximate surface area is 633 Å². The minimum atomic E-state index is -3.78. The average Bonchev–Trinajstić information content (AvgIpc) is 1.70. The zero-order valence-electron chi connectivity index (χ0n) is 60.9. The number of amides is 1. The van der Waals surface area contributed by atoms with Crippen LogP contribution in [0.15, 0.2) is 81.4 Å². The third kappa shape index (κ3) is 18.2. The largest absolute Gasteiger partial charge is 0.504 e. The van der Waals surface area contributed by atoms with Crippen LogP contribution in [0.4, 0.5) is 10.5 Å². The van der Waals surface area contributed by atoms with Crippen LogP contribution in [0.2, 0.25) is 20.1 Å². The van der Waals surface area contributed by atoms with Crippen LogP contribution < -0.4 is 5.73 Å². The minimum Gasteiger partial charge on any atom is -0.504 e. The Balaban J connectivity index is 0.000000160. The van der Waals surface area contributed by atoms with E-state index in [1.807, 2.05) is 62.3 Å². The van der Waals surface area contributed by atoms with Crippen molar-refractivity contribution in [3.63, 3.8) is 0 Å². The fourth-order valence-corrected chi connectivity index (χ4v) is 23.4. The van der Waals surface area contributed by atoms with Crippen molar-refractivity contribution in [3.05, 3.63) is 86.3 Å². The summed E-state index contributed by atoms with van der Waals surface area (Å²) >= 11 is 25.0. The van der Waals surface area contributed by atoms with Gasteiger partial charge in [-0.15, -0.1) is 12.4 Å². The molecule has 3 aliphatic heterocycles. The summed E-state index contributed by atoms with van der Waals surface area (Å²) in [4.78, 5) is 32.1. The molecule has 6 heterocycles. The summed E-state index contributed by atoms with van der Waals surface area (Å²) in [6.07, 6.45) is 14.5. The number of phenols is 1. The van der Waals surface area contributed by atoms with Crippen molar-refractivity contribution in [2.45, 2.75) is 267 Å². The van der Waals surface area contributed by atoms with Gasteiger partial charge in [0.1, 0.15) is 41.7 Å². The van der Waals surface area contributed by atoms with Crippen LogP contribution in [0.5, 0.6) is 5.75 Å². The number of nitrogens with two attached hydrogens (primary N) is 1. The number of carbonyl (C=O) groups excluding carboxylic acids is 1. The van der Waals surface area contributed by atoms with E-state index in [1.54, 1.807) is 62.1 Å². The van der Waals surface area contributed by atoms with Gasteiger partial charge in [-0.2, -0.15) is 0 Å². The first-order chi connectivity index (χ1) is 47.5. The highest BCUT2D eigenvalue weighted by molar-refractivity contribution is 7.93. The first-order valence-electron chi connectivity index (χ1n) is 35.5. The van der Waals surface area contributed by atoms with E-state index in [9.17, 15) is 43.6 Å². The van der Waals surface area contributed by atoms with E-state index in [4.69, 9.17) is 70.1 Å². The monoisotopic (exact) mass is 1600 g/mol. The van der Waals surface area contributed by atoms with Crippen LogP contribution >= 0.6 is 58.8 Å². The Morgan fingerprint density at radius 2 is 0.728 bits per heavy atom. The predicted octanol–water partition coefficient (Wildman–Crippen LogP) is 17.2. The molecule has 0 spiro atoms. The number of aromatic hydroxyl groups is 1. The molecule has 1 amide bonds. The molecule has 3 aliphatic carbocycles. The van der Waals surface area contributed by atoms with Gasteiger partial charge in [-0.1, -0.05) is 141 Å². The molecule has 4 aromatic carbocycles. The zero-order chi connectivity index (χ0) is 74.6. The number of piperidine rings is 3. The van der Waals surface area contributed by atoms with Crippen molar-refractivity contribution >= 4 is 143 Å². The molecule has 7 aromatic rings. The molecule has 0 unspecified atom stereocenters. The number of rotatable bonds is 10. The lowest BCUT2D eigenvalue weighted by Gasteiger charge is -2.41. The molecular formula is C73H100Cl5N7O14S4. The van der Waals surface area contributed by atoms with Gasteiger partial charge >= 0.3 is 6.09 Å². The number of benzene rings is 4. The van der Waals surface area contributed by atoms with Gasteiger partial charge < -0.3 is 43.5 Å². The van der Waals surface area contributed by atoms with Gasteiger partial charge in [-0.3, -0.25) is 0 Å². The maximum atomic E-state index is 13.5. The second-order valence-corrected chi connectivity index (χ2v) is 42.3. The summed E-state index contributed by atoms with van der Waals surface area (Å²) in [5, 5.41) is 8.67. The molecule has 0 radical (unpaired) electrons. The van der Waals surface area contributed by atoms with Crippen molar-refractivity contribution in [1.82, 2.24) is 29.7 Å². The van der Waals surface area contributed by atoms with Crippen LogP contribution in [-0.4, -0.2) is 152 Å². The van der Waals surface area contributed by atoms with Gasteiger partial charge in [0.15, 0.2) is 61.8 Å². The smallest absolute Gasteiger partial charge is 0.410 e. The van der Waals surface area contributed by atoms with Crippen molar-refractivity contribution in [2.24, 2.45) is 0 Å². The van der Waals surface area contributed by atoms with Crippen molar-refractivity contribution in [1.29, 1.82) is 0 Å². The topological polar surface area (TPSA) is 297 Å². The number of hydrogen-bond acceptors (Lipinski definition) is 20. The molecule has 0 bridgehead atoms. The molecule has 13 rings (SSSR count). The lowest BCUT2D eigenvalue weighted by molar-refractivity contribution is 0.0217. The number of halogens is 5. The SMILES string of the molecule is CC(C)(C)OC(=O)N1CCC(S(=O)(=O)c2c(Cl)ccc3nc(C(C)(C)C)oc23)CC1.CC(C)(C)c1nc2ccc(Cl)c(S(=O)(=O)C3CCCCC3)c2o1.CC(C)(C)c1nc2ccc(Cl)c(S(=O)(=O)C3CCN(C4CCC4)CC3)c2o1.Cl.Nc1ccc(Cl)c(S(=O)(=O)C2CCN(C3CCC3)CC2)c1O. The van der Waals surface area contributed by atoms with Gasteiger partial charge in [0, 0.05) is 41.4 Å². The Kier molecular flexibility index (Phi) is 25.5. The summed E-state index contributed by atoms with van der Waals surface area (Å²) in [6, 6.07) is 14.0. The maximum absolute atomic E-state index is 13.5. The van der Waals surface area contributed by atoms with Gasteiger partial charge in [0.25, 0.3) is 0 Å². The number of nitrogen functional groups attached to an aromatic ring is 1. The van der Waals surface area contributed by atoms with Gasteiger partial charge in [-0.25, -0.2) is 53.4 Å². The van der Waals surface area contributed by atoms with E-state index >= 15 is 0 Å². The summed E-state index contributed by atoms with van der Waals surface area (Å²) in [5.74, 6) is 1.08. The summed E-state index contributed by atoms with van der Waals surface area (Å²) in [6.45, 7) is 27.0. The number of phenolic OH excluding ortho intramolecular Hbond substituents is 1. The lowest BCUT2D eigenvalue weighted by Crippen LogP contribution is -2.47. The van der Waals surface area contributed by atoms with Crippen LogP contribution in [0.1, 0.15) is 210 Å². The number of nitrogens with zero attached hydrogens (tertiary/aromatic N) is 6. The fraction of sp³-hybridized carbons (Fsp3) is 0.616. The average molecular weight is 1610 g/mol. The summed E-state index contributed by atoms with van der Waals surface area (Å²) < 4.78 is 129. The van der Waals surface area contributed by atoms with Gasteiger partial charge in [0.2, 0.25) is 17.7 Å². The highest BCUT2D eigenvalue weighted by Crippen LogP contribution is 2.44. The van der Waals surface area contributed by atoms with E-state index in [0.717, 1.165) is 45.4 Å². The normalized spacial score (nSPS) is 19.0.